The maximum atomic E-state index is 12.8. The number of carbonyl (C=O) groups excluding carboxylic acids is 1. The van der Waals surface area contributed by atoms with Crippen molar-refractivity contribution >= 4 is 22.5 Å². The first-order valence-corrected chi connectivity index (χ1v) is 11.3. The van der Waals surface area contributed by atoms with E-state index in [0.717, 1.165) is 46.6 Å². The highest BCUT2D eigenvalue weighted by Crippen LogP contribution is 2.37. The Kier molecular flexibility index (Phi) is 5.94. The number of fused-ring (bicyclic) bond motifs is 1. The minimum absolute atomic E-state index is 0.00639. The molecule has 0 spiro atoms. The third-order valence-corrected chi connectivity index (χ3v) is 6.26. The third kappa shape index (κ3) is 4.40. The molecule has 2 N–H and O–H groups in total. The Balaban J connectivity index is 1.54. The second kappa shape index (κ2) is 9.17. The van der Waals surface area contributed by atoms with E-state index in [-0.39, 0.29) is 11.9 Å². The van der Waals surface area contributed by atoms with Gasteiger partial charge in [0.15, 0.2) is 0 Å². The number of nitrogens with one attached hydrogen (secondary N) is 2. The smallest absolute Gasteiger partial charge is 0.255 e. The van der Waals surface area contributed by atoms with Gasteiger partial charge in [0.1, 0.15) is 0 Å². The van der Waals surface area contributed by atoms with Crippen molar-refractivity contribution in [2.24, 2.45) is 0 Å². The normalized spacial score (nSPS) is 15.5. The summed E-state index contributed by atoms with van der Waals surface area (Å²) in [5, 5.41) is 4.16. The summed E-state index contributed by atoms with van der Waals surface area (Å²) < 4.78 is 5.62. The molecule has 0 unspecified atom stereocenters. The summed E-state index contributed by atoms with van der Waals surface area (Å²) in [4.78, 5) is 23.5. The molecule has 1 aliphatic heterocycles. The summed E-state index contributed by atoms with van der Waals surface area (Å²) in [6, 6.07) is 19.7. The summed E-state index contributed by atoms with van der Waals surface area (Å²) in [5.74, 6) is -0.113. The molecule has 6 heteroatoms. The fourth-order valence-corrected chi connectivity index (χ4v) is 4.58. The zero-order valence-electron chi connectivity index (χ0n) is 19.0. The highest BCUT2D eigenvalue weighted by molar-refractivity contribution is 6.05. The first-order chi connectivity index (χ1) is 16.1. The van der Waals surface area contributed by atoms with Crippen molar-refractivity contribution in [3.05, 3.63) is 94.9 Å². The van der Waals surface area contributed by atoms with Crippen molar-refractivity contribution in [1.29, 1.82) is 0 Å². The van der Waals surface area contributed by atoms with E-state index in [1.54, 1.807) is 0 Å². The lowest BCUT2D eigenvalue weighted by Crippen LogP contribution is -2.40. The van der Waals surface area contributed by atoms with Gasteiger partial charge in [-0.3, -0.25) is 14.7 Å². The average Bonchev–Trinajstić information content (AvgIpc) is 3.16. The van der Waals surface area contributed by atoms with Crippen LogP contribution < -0.4 is 5.32 Å². The Morgan fingerprint density at radius 1 is 1.06 bits per heavy atom. The van der Waals surface area contributed by atoms with Crippen LogP contribution in [0.1, 0.15) is 38.9 Å². The van der Waals surface area contributed by atoms with Gasteiger partial charge >= 0.3 is 0 Å². The van der Waals surface area contributed by atoms with E-state index in [2.05, 4.69) is 34.3 Å². The molecule has 0 bridgehead atoms. The van der Waals surface area contributed by atoms with Gasteiger partial charge in [-0.1, -0.05) is 23.8 Å². The largest absolute Gasteiger partial charge is 0.379 e. The minimum atomic E-state index is -0.113. The van der Waals surface area contributed by atoms with Crippen LogP contribution in [0.4, 0.5) is 5.69 Å². The Hall–Kier alpha value is -3.48. The van der Waals surface area contributed by atoms with E-state index in [1.807, 2.05) is 61.7 Å². The number of carbonyl (C=O) groups is 1. The SMILES string of the molecule is Cc1ccc(C(=O)Nc2ccc3[nH]c(C)c([C@H](c4ccccn4)N4CCOCC4)c3c2)cc1. The molecule has 0 aliphatic carbocycles. The first-order valence-electron chi connectivity index (χ1n) is 11.3. The molecule has 2 aromatic heterocycles. The van der Waals surface area contributed by atoms with Gasteiger partial charge in [-0.15, -0.1) is 0 Å². The van der Waals surface area contributed by atoms with Crippen LogP contribution in [0.3, 0.4) is 0 Å². The highest BCUT2D eigenvalue weighted by atomic mass is 16.5. The van der Waals surface area contributed by atoms with E-state index in [9.17, 15) is 4.79 Å². The Morgan fingerprint density at radius 3 is 2.58 bits per heavy atom. The molecule has 1 saturated heterocycles. The van der Waals surface area contributed by atoms with E-state index in [4.69, 9.17) is 9.72 Å². The molecular weight excluding hydrogens is 412 g/mol. The molecular formula is C27H28N4O2. The number of aromatic amines is 1. The number of anilines is 1. The molecule has 168 valence electrons. The van der Waals surface area contributed by atoms with E-state index in [1.165, 1.54) is 5.56 Å². The number of pyridine rings is 1. The van der Waals surface area contributed by atoms with Crippen molar-refractivity contribution in [2.45, 2.75) is 19.9 Å². The van der Waals surface area contributed by atoms with Crippen LogP contribution in [-0.4, -0.2) is 47.1 Å². The number of amides is 1. The molecule has 1 fully saturated rings. The number of hydrogen-bond donors (Lipinski definition) is 2. The van der Waals surface area contributed by atoms with Crippen LogP contribution >= 0.6 is 0 Å². The molecule has 33 heavy (non-hydrogen) atoms. The van der Waals surface area contributed by atoms with Gasteiger partial charge in [-0.05, 0) is 56.3 Å². The van der Waals surface area contributed by atoms with E-state index >= 15 is 0 Å². The van der Waals surface area contributed by atoms with Gasteiger partial charge in [-0.2, -0.15) is 0 Å². The molecule has 6 nitrogen and oxygen atoms in total. The van der Waals surface area contributed by atoms with Crippen LogP contribution in [0.5, 0.6) is 0 Å². The topological polar surface area (TPSA) is 70.2 Å². The van der Waals surface area contributed by atoms with Gasteiger partial charge in [0.2, 0.25) is 0 Å². The Bertz CT molecular complexity index is 1260. The molecule has 2 aromatic carbocycles. The molecule has 5 rings (SSSR count). The fraction of sp³-hybridized carbons (Fsp3) is 0.259. The number of benzene rings is 2. The Morgan fingerprint density at radius 2 is 1.85 bits per heavy atom. The Labute approximate surface area is 193 Å². The molecule has 1 atom stereocenters. The van der Waals surface area contributed by atoms with Gasteiger partial charge < -0.3 is 15.0 Å². The predicted octanol–water partition coefficient (Wildman–Crippen LogP) is 4.85. The van der Waals surface area contributed by atoms with Crippen LogP contribution in [-0.2, 0) is 4.74 Å². The zero-order valence-corrected chi connectivity index (χ0v) is 19.0. The number of ether oxygens (including phenoxy) is 1. The summed E-state index contributed by atoms with van der Waals surface area (Å²) in [5.41, 5.74) is 6.90. The summed E-state index contributed by atoms with van der Waals surface area (Å²) in [7, 11) is 0. The van der Waals surface area contributed by atoms with Crippen molar-refractivity contribution in [1.82, 2.24) is 14.9 Å². The van der Waals surface area contributed by atoms with Crippen molar-refractivity contribution in [3.63, 3.8) is 0 Å². The minimum Gasteiger partial charge on any atom is -0.379 e. The van der Waals surface area contributed by atoms with Crippen LogP contribution in [0.15, 0.2) is 66.9 Å². The zero-order chi connectivity index (χ0) is 22.8. The number of aryl methyl sites for hydroxylation is 2. The molecule has 1 aliphatic rings. The fourth-order valence-electron chi connectivity index (χ4n) is 4.58. The van der Waals surface area contributed by atoms with Crippen molar-refractivity contribution in [3.8, 4) is 0 Å². The number of rotatable bonds is 5. The number of morpholine rings is 1. The van der Waals surface area contributed by atoms with Crippen molar-refractivity contribution < 1.29 is 9.53 Å². The molecule has 3 heterocycles. The third-order valence-electron chi connectivity index (χ3n) is 6.26. The van der Waals surface area contributed by atoms with Gasteiger partial charge in [0.05, 0.1) is 24.9 Å². The molecule has 0 radical (unpaired) electrons. The number of aromatic nitrogens is 2. The lowest BCUT2D eigenvalue weighted by molar-refractivity contribution is 0.0234. The second-order valence-electron chi connectivity index (χ2n) is 8.55. The monoisotopic (exact) mass is 440 g/mol. The van der Waals surface area contributed by atoms with Gasteiger partial charge in [0, 0.05) is 52.7 Å². The second-order valence-corrected chi connectivity index (χ2v) is 8.55. The lowest BCUT2D eigenvalue weighted by atomic mass is 9.97. The maximum Gasteiger partial charge on any atom is 0.255 e. The molecule has 4 aromatic rings. The van der Waals surface area contributed by atoms with Gasteiger partial charge in [0.25, 0.3) is 5.91 Å². The predicted molar refractivity (Wildman–Crippen MR) is 131 cm³/mol. The number of hydrogen-bond acceptors (Lipinski definition) is 4. The summed E-state index contributed by atoms with van der Waals surface area (Å²) >= 11 is 0. The van der Waals surface area contributed by atoms with Crippen molar-refractivity contribution in [2.75, 3.05) is 31.6 Å². The van der Waals surface area contributed by atoms with Gasteiger partial charge in [-0.25, -0.2) is 0 Å². The van der Waals surface area contributed by atoms with Crippen LogP contribution in [0.25, 0.3) is 10.9 Å². The van der Waals surface area contributed by atoms with Crippen LogP contribution in [0, 0.1) is 13.8 Å². The number of H-pyrrole nitrogens is 1. The maximum absolute atomic E-state index is 12.8. The molecule has 0 saturated carbocycles. The van der Waals surface area contributed by atoms with E-state index < -0.39 is 0 Å². The summed E-state index contributed by atoms with van der Waals surface area (Å²) in [6.45, 7) is 7.23. The first kappa shape index (κ1) is 21.4. The lowest BCUT2D eigenvalue weighted by Gasteiger charge is -2.34. The standard InChI is InChI=1S/C27H28N4O2/c1-18-6-8-20(9-7-18)27(32)30-21-10-11-23-22(17-21)25(19(2)29-23)26(24-5-3-4-12-28-24)31-13-15-33-16-14-31/h3-12,17,26,29H,13-16H2,1-2H3,(H,30,32)/t26-/m0/s1. The highest BCUT2D eigenvalue weighted by Gasteiger charge is 2.29. The average molecular weight is 441 g/mol. The van der Waals surface area contributed by atoms with Crippen LogP contribution in [0.2, 0.25) is 0 Å². The molecule has 1 amide bonds. The summed E-state index contributed by atoms with van der Waals surface area (Å²) in [6.07, 6.45) is 1.85. The van der Waals surface area contributed by atoms with E-state index in [0.29, 0.717) is 18.8 Å². The quantitative estimate of drug-likeness (QED) is 0.465. The number of nitrogens with zero attached hydrogens (tertiary/aromatic N) is 2.